The van der Waals surface area contributed by atoms with Crippen LogP contribution >= 0.6 is 0 Å². The van der Waals surface area contributed by atoms with E-state index in [1.165, 1.54) is 26.4 Å². The monoisotopic (exact) mass is 197 g/mol. The zero-order valence-electron chi connectivity index (χ0n) is 7.90. The lowest BCUT2D eigenvalue weighted by Crippen LogP contribution is -2.05. The third-order valence-electron chi connectivity index (χ3n) is 1.76. The molecule has 1 aromatic rings. The molecule has 0 unspecified atom stereocenters. The van der Waals surface area contributed by atoms with E-state index in [4.69, 9.17) is 10.5 Å². The number of phenols is 1. The maximum Gasteiger partial charge on any atom is 0.340 e. The molecule has 14 heavy (non-hydrogen) atoms. The van der Waals surface area contributed by atoms with Gasteiger partial charge in [-0.3, -0.25) is 0 Å². The summed E-state index contributed by atoms with van der Waals surface area (Å²) in [5.74, 6) is -0.502. The number of nitrogen functional groups attached to an aromatic ring is 1. The molecule has 1 rings (SSSR count). The number of methoxy groups -OCH3 is 2. The van der Waals surface area contributed by atoms with Gasteiger partial charge in [0, 0.05) is 12.1 Å². The molecule has 0 heterocycles. The number of hydrogen-bond acceptors (Lipinski definition) is 5. The molecular formula is C9H11NO4. The van der Waals surface area contributed by atoms with Crippen molar-refractivity contribution in [3.05, 3.63) is 17.7 Å². The molecule has 0 aromatic heterocycles. The largest absolute Gasteiger partial charge is 0.504 e. The molecule has 0 radical (unpaired) electrons. The first-order chi connectivity index (χ1) is 6.60. The van der Waals surface area contributed by atoms with Gasteiger partial charge in [0.1, 0.15) is 0 Å². The smallest absolute Gasteiger partial charge is 0.340 e. The van der Waals surface area contributed by atoms with E-state index in [0.29, 0.717) is 0 Å². The van der Waals surface area contributed by atoms with Gasteiger partial charge in [0.2, 0.25) is 0 Å². The van der Waals surface area contributed by atoms with Crippen molar-refractivity contribution in [3.8, 4) is 11.5 Å². The predicted molar refractivity (Wildman–Crippen MR) is 50.4 cm³/mol. The van der Waals surface area contributed by atoms with Crippen LogP contribution in [0.15, 0.2) is 12.1 Å². The molecule has 0 bridgehead atoms. The quantitative estimate of drug-likeness (QED) is 0.540. The summed E-state index contributed by atoms with van der Waals surface area (Å²) in [6.07, 6.45) is 0. The number of esters is 1. The fourth-order valence-electron chi connectivity index (χ4n) is 1.03. The second-order valence-electron chi connectivity index (χ2n) is 2.60. The lowest BCUT2D eigenvalue weighted by atomic mass is 10.1. The molecule has 0 aliphatic carbocycles. The summed E-state index contributed by atoms with van der Waals surface area (Å²) in [5.41, 5.74) is 5.82. The van der Waals surface area contributed by atoms with Gasteiger partial charge in [-0.2, -0.15) is 0 Å². The van der Waals surface area contributed by atoms with E-state index in [-0.39, 0.29) is 22.7 Å². The van der Waals surface area contributed by atoms with Crippen LogP contribution in [0.1, 0.15) is 10.4 Å². The number of aromatic hydroxyl groups is 1. The van der Waals surface area contributed by atoms with E-state index in [1.807, 2.05) is 0 Å². The zero-order chi connectivity index (χ0) is 10.7. The summed E-state index contributed by atoms with van der Waals surface area (Å²) < 4.78 is 9.32. The van der Waals surface area contributed by atoms with Gasteiger partial charge in [-0.05, 0) is 0 Å². The molecule has 0 aliphatic heterocycles. The Kier molecular flexibility index (Phi) is 2.81. The highest BCUT2D eigenvalue weighted by molar-refractivity contribution is 5.96. The van der Waals surface area contributed by atoms with Gasteiger partial charge in [0.15, 0.2) is 11.5 Å². The number of rotatable bonds is 2. The van der Waals surface area contributed by atoms with Crippen molar-refractivity contribution in [2.75, 3.05) is 20.0 Å². The van der Waals surface area contributed by atoms with E-state index in [0.717, 1.165) is 0 Å². The Morgan fingerprint density at radius 2 is 2.07 bits per heavy atom. The van der Waals surface area contributed by atoms with Gasteiger partial charge in [-0.25, -0.2) is 4.79 Å². The fraction of sp³-hybridized carbons (Fsp3) is 0.222. The lowest BCUT2D eigenvalue weighted by molar-refractivity contribution is 0.0601. The molecule has 0 saturated carbocycles. The van der Waals surface area contributed by atoms with Crippen molar-refractivity contribution < 1.29 is 19.4 Å². The summed E-state index contributed by atoms with van der Waals surface area (Å²) in [4.78, 5) is 11.2. The number of carbonyl (C=O) groups is 1. The van der Waals surface area contributed by atoms with Crippen LogP contribution in [0.25, 0.3) is 0 Å². The predicted octanol–water partition coefficient (Wildman–Crippen LogP) is 0.770. The van der Waals surface area contributed by atoms with Crippen LogP contribution in [0.2, 0.25) is 0 Å². The van der Waals surface area contributed by atoms with Crippen LogP contribution in [-0.4, -0.2) is 25.3 Å². The number of hydrogen-bond donors (Lipinski definition) is 2. The molecule has 0 fully saturated rings. The molecule has 0 aliphatic rings. The minimum atomic E-state index is -0.569. The molecule has 5 nitrogen and oxygen atoms in total. The summed E-state index contributed by atoms with van der Waals surface area (Å²) >= 11 is 0. The normalized spacial score (nSPS) is 9.57. The highest BCUT2D eigenvalue weighted by Crippen LogP contribution is 2.30. The van der Waals surface area contributed by atoms with E-state index >= 15 is 0 Å². The highest BCUT2D eigenvalue weighted by Gasteiger charge is 2.14. The average molecular weight is 197 g/mol. The first-order valence-corrected chi connectivity index (χ1v) is 3.85. The third-order valence-corrected chi connectivity index (χ3v) is 1.76. The topological polar surface area (TPSA) is 81.8 Å². The number of nitrogens with two attached hydrogens (primary N) is 1. The van der Waals surface area contributed by atoms with Crippen LogP contribution in [0.4, 0.5) is 5.69 Å². The van der Waals surface area contributed by atoms with Gasteiger partial charge in [0.25, 0.3) is 0 Å². The summed E-state index contributed by atoms with van der Waals surface area (Å²) in [6.45, 7) is 0. The van der Waals surface area contributed by atoms with Crippen molar-refractivity contribution >= 4 is 11.7 Å². The minimum absolute atomic E-state index is 0.113. The number of carbonyl (C=O) groups excluding carboxylic acids is 1. The highest BCUT2D eigenvalue weighted by atomic mass is 16.5. The molecule has 5 heteroatoms. The van der Waals surface area contributed by atoms with Crippen molar-refractivity contribution in [3.63, 3.8) is 0 Å². The zero-order valence-corrected chi connectivity index (χ0v) is 7.90. The Morgan fingerprint density at radius 1 is 1.43 bits per heavy atom. The van der Waals surface area contributed by atoms with E-state index < -0.39 is 5.97 Å². The van der Waals surface area contributed by atoms with Gasteiger partial charge in [-0.15, -0.1) is 0 Å². The number of ether oxygens (including phenoxy) is 2. The molecule has 0 saturated heterocycles. The van der Waals surface area contributed by atoms with Crippen LogP contribution in [0.5, 0.6) is 11.5 Å². The Bertz CT molecular complexity index is 362. The molecule has 0 amide bonds. The first kappa shape index (κ1) is 10.2. The third kappa shape index (κ3) is 1.71. The Morgan fingerprint density at radius 3 is 2.57 bits per heavy atom. The van der Waals surface area contributed by atoms with Gasteiger partial charge < -0.3 is 20.3 Å². The molecule has 3 N–H and O–H groups in total. The maximum absolute atomic E-state index is 11.2. The second-order valence-corrected chi connectivity index (χ2v) is 2.60. The fourth-order valence-corrected chi connectivity index (χ4v) is 1.03. The van der Waals surface area contributed by atoms with Gasteiger partial charge in [-0.1, -0.05) is 0 Å². The Labute approximate surface area is 81.0 Å². The number of benzene rings is 1. The van der Waals surface area contributed by atoms with Crippen LogP contribution in [0.3, 0.4) is 0 Å². The van der Waals surface area contributed by atoms with Crippen molar-refractivity contribution in [2.24, 2.45) is 0 Å². The summed E-state index contributed by atoms with van der Waals surface area (Å²) in [7, 11) is 2.63. The minimum Gasteiger partial charge on any atom is -0.504 e. The molecule has 1 aromatic carbocycles. The summed E-state index contributed by atoms with van der Waals surface area (Å²) in [5, 5.41) is 9.31. The maximum atomic E-state index is 11.2. The number of anilines is 1. The van der Waals surface area contributed by atoms with Gasteiger partial charge in [0.05, 0.1) is 25.5 Å². The van der Waals surface area contributed by atoms with Crippen LogP contribution in [-0.2, 0) is 4.74 Å². The van der Waals surface area contributed by atoms with Crippen molar-refractivity contribution in [1.82, 2.24) is 0 Å². The standard InChI is InChI=1S/C9H11NO4/c1-13-8-3-5(9(12)14-2)6(10)4-7(8)11/h3-4,11H,10H2,1-2H3. The molecule has 0 spiro atoms. The SMILES string of the molecule is COC(=O)c1cc(OC)c(O)cc1N. The number of phenolic OH excluding ortho intramolecular Hbond substituents is 1. The van der Waals surface area contributed by atoms with Gasteiger partial charge >= 0.3 is 5.97 Å². The average Bonchev–Trinajstić information content (AvgIpc) is 2.17. The molecular weight excluding hydrogens is 186 g/mol. The van der Waals surface area contributed by atoms with Crippen molar-refractivity contribution in [2.45, 2.75) is 0 Å². The van der Waals surface area contributed by atoms with E-state index in [1.54, 1.807) is 0 Å². The lowest BCUT2D eigenvalue weighted by Gasteiger charge is -2.08. The summed E-state index contributed by atoms with van der Waals surface area (Å²) in [6, 6.07) is 2.57. The second kappa shape index (κ2) is 3.87. The van der Waals surface area contributed by atoms with Crippen LogP contribution < -0.4 is 10.5 Å². The van der Waals surface area contributed by atoms with Crippen molar-refractivity contribution in [1.29, 1.82) is 0 Å². The molecule has 0 atom stereocenters. The molecule has 76 valence electrons. The van der Waals surface area contributed by atoms with E-state index in [2.05, 4.69) is 4.74 Å². The Hall–Kier alpha value is -1.91. The van der Waals surface area contributed by atoms with E-state index in [9.17, 15) is 9.90 Å². The van der Waals surface area contributed by atoms with Crippen LogP contribution in [0, 0.1) is 0 Å². The Balaban J connectivity index is 3.24. The first-order valence-electron chi connectivity index (χ1n) is 3.85.